The first-order valence-electron chi connectivity index (χ1n) is 9.73. The number of ether oxygens (including phenoxy) is 1. The van der Waals surface area contributed by atoms with Gasteiger partial charge in [-0.2, -0.15) is 0 Å². The number of rotatable bonds is 6. The van der Waals surface area contributed by atoms with E-state index in [0.29, 0.717) is 35.4 Å². The van der Waals surface area contributed by atoms with E-state index in [2.05, 4.69) is 10.3 Å². The number of anilines is 1. The SMILES string of the molecule is COc1cccc(N2C[C@@H](C(=O)NCCn3cnc4ccccc4c3=O)CC2=O)c1. The number of benzene rings is 2. The predicted octanol–water partition coefficient (Wildman–Crippen LogP) is 1.57. The summed E-state index contributed by atoms with van der Waals surface area (Å²) in [5.74, 6) is -0.0771. The zero-order valence-corrected chi connectivity index (χ0v) is 16.6. The van der Waals surface area contributed by atoms with Crippen LogP contribution in [0.3, 0.4) is 0 Å². The van der Waals surface area contributed by atoms with Gasteiger partial charge in [0.1, 0.15) is 5.75 Å². The quantitative estimate of drug-likeness (QED) is 0.671. The van der Waals surface area contributed by atoms with Gasteiger partial charge in [-0.1, -0.05) is 18.2 Å². The van der Waals surface area contributed by atoms with E-state index in [-0.39, 0.29) is 30.3 Å². The lowest BCUT2D eigenvalue weighted by Crippen LogP contribution is -2.36. The first-order chi connectivity index (χ1) is 14.6. The molecular weight excluding hydrogens is 384 g/mol. The Hall–Kier alpha value is -3.68. The predicted molar refractivity (Wildman–Crippen MR) is 112 cm³/mol. The van der Waals surface area contributed by atoms with Crippen molar-refractivity contribution in [1.82, 2.24) is 14.9 Å². The van der Waals surface area contributed by atoms with Crippen LogP contribution in [0, 0.1) is 5.92 Å². The highest BCUT2D eigenvalue weighted by atomic mass is 16.5. The Morgan fingerprint density at radius 3 is 2.87 bits per heavy atom. The summed E-state index contributed by atoms with van der Waals surface area (Å²) in [5, 5.41) is 3.38. The number of hydrogen-bond acceptors (Lipinski definition) is 5. The summed E-state index contributed by atoms with van der Waals surface area (Å²) >= 11 is 0. The van der Waals surface area contributed by atoms with Gasteiger partial charge in [0.2, 0.25) is 11.8 Å². The minimum Gasteiger partial charge on any atom is -0.497 e. The Bertz CT molecular complexity index is 1160. The van der Waals surface area contributed by atoms with Gasteiger partial charge in [0.05, 0.1) is 30.3 Å². The van der Waals surface area contributed by atoms with Crippen LogP contribution in [0.5, 0.6) is 5.75 Å². The van der Waals surface area contributed by atoms with Crippen molar-refractivity contribution in [3.05, 3.63) is 65.2 Å². The molecule has 0 unspecified atom stereocenters. The zero-order valence-electron chi connectivity index (χ0n) is 16.6. The molecule has 0 spiro atoms. The van der Waals surface area contributed by atoms with Crippen LogP contribution in [0.2, 0.25) is 0 Å². The third-order valence-electron chi connectivity index (χ3n) is 5.24. The third kappa shape index (κ3) is 3.89. The number of aromatic nitrogens is 2. The van der Waals surface area contributed by atoms with E-state index in [1.54, 1.807) is 42.3 Å². The average molecular weight is 406 g/mol. The Kier molecular flexibility index (Phi) is 5.47. The first kappa shape index (κ1) is 19.6. The molecule has 1 aromatic heterocycles. The van der Waals surface area contributed by atoms with Crippen molar-refractivity contribution in [2.75, 3.05) is 25.1 Å². The summed E-state index contributed by atoms with van der Waals surface area (Å²) < 4.78 is 6.68. The van der Waals surface area contributed by atoms with Gasteiger partial charge in [-0.25, -0.2) is 4.98 Å². The molecule has 3 aromatic rings. The smallest absolute Gasteiger partial charge is 0.261 e. The number of nitrogens with one attached hydrogen (secondary N) is 1. The molecule has 0 aliphatic carbocycles. The third-order valence-corrected chi connectivity index (χ3v) is 5.24. The van der Waals surface area contributed by atoms with Crippen molar-refractivity contribution in [2.24, 2.45) is 5.92 Å². The molecule has 1 aliphatic rings. The molecule has 1 fully saturated rings. The van der Waals surface area contributed by atoms with E-state index in [0.717, 1.165) is 0 Å². The van der Waals surface area contributed by atoms with Crippen LogP contribution in [0.15, 0.2) is 59.7 Å². The molecular formula is C22H22N4O4. The van der Waals surface area contributed by atoms with Crippen molar-refractivity contribution in [1.29, 1.82) is 0 Å². The summed E-state index contributed by atoms with van der Waals surface area (Å²) in [5.41, 5.74) is 1.21. The molecule has 1 atom stereocenters. The molecule has 1 aliphatic heterocycles. The number of hydrogen-bond donors (Lipinski definition) is 1. The molecule has 1 N–H and O–H groups in total. The molecule has 2 heterocycles. The summed E-state index contributed by atoms with van der Waals surface area (Å²) in [4.78, 5) is 43.3. The fraction of sp³-hybridized carbons (Fsp3) is 0.273. The molecule has 2 amide bonds. The number of fused-ring (bicyclic) bond motifs is 1. The van der Waals surface area contributed by atoms with E-state index in [1.165, 1.54) is 10.9 Å². The van der Waals surface area contributed by atoms with Crippen molar-refractivity contribution >= 4 is 28.4 Å². The minimum absolute atomic E-state index is 0.0987. The minimum atomic E-state index is -0.435. The van der Waals surface area contributed by atoms with Crippen molar-refractivity contribution in [3.63, 3.8) is 0 Å². The van der Waals surface area contributed by atoms with E-state index in [1.807, 2.05) is 18.2 Å². The number of methoxy groups -OCH3 is 1. The number of carbonyl (C=O) groups excluding carboxylic acids is 2. The van der Waals surface area contributed by atoms with E-state index in [4.69, 9.17) is 4.74 Å². The van der Waals surface area contributed by atoms with Crippen LogP contribution in [-0.4, -0.2) is 41.6 Å². The van der Waals surface area contributed by atoms with Crippen LogP contribution >= 0.6 is 0 Å². The molecule has 30 heavy (non-hydrogen) atoms. The maximum absolute atomic E-state index is 12.6. The van der Waals surface area contributed by atoms with Crippen LogP contribution < -0.4 is 20.5 Å². The van der Waals surface area contributed by atoms with Crippen molar-refractivity contribution in [3.8, 4) is 5.75 Å². The van der Waals surface area contributed by atoms with E-state index >= 15 is 0 Å². The Balaban J connectivity index is 1.36. The standard InChI is InChI=1S/C22H22N4O4/c1-30-17-6-4-5-16(12-17)26-13-15(11-20(26)27)21(28)23-9-10-25-14-24-19-8-3-2-7-18(19)22(25)29/h2-8,12,14-15H,9-11,13H2,1H3,(H,23,28)/t15-/m0/s1. The Morgan fingerprint density at radius 2 is 2.03 bits per heavy atom. The summed E-state index contributed by atoms with van der Waals surface area (Å²) in [6.07, 6.45) is 1.64. The highest BCUT2D eigenvalue weighted by Gasteiger charge is 2.35. The van der Waals surface area contributed by atoms with Crippen molar-refractivity contribution in [2.45, 2.75) is 13.0 Å². The molecule has 1 saturated heterocycles. The maximum atomic E-state index is 12.6. The summed E-state index contributed by atoms with van der Waals surface area (Å²) in [6, 6.07) is 14.4. The highest BCUT2D eigenvalue weighted by molar-refractivity contribution is 6.00. The topological polar surface area (TPSA) is 93.5 Å². The molecule has 4 rings (SSSR count). The first-order valence-corrected chi connectivity index (χ1v) is 9.73. The molecule has 154 valence electrons. The average Bonchev–Trinajstić information content (AvgIpc) is 3.17. The van der Waals surface area contributed by atoms with Crippen molar-refractivity contribution < 1.29 is 14.3 Å². The summed E-state index contributed by atoms with van der Waals surface area (Å²) in [6.45, 7) is 0.903. The second kappa shape index (κ2) is 8.36. The van der Waals surface area contributed by atoms with Gasteiger partial charge in [-0.15, -0.1) is 0 Å². The Labute approximate surface area is 173 Å². The van der Waals surface area contributed by atoms with E-state index in [9.17, 15) is 14.4 Å². The van der Waals surface area contributed by atoms with Crippen LogP contribution in [0.1, 0.15) is 6.42 Å². The normalized spacial score (nSPS) is 16.1. The van der Waals surface area contributed by atoms with Gasteiger partial charge < -0.3 is 15.0 Å². The van der Waals surface area contributed by atoms with Gasteiger partial charge in [0.25, 0.3) is 5.56 Å². The van der Waals surface area contributed by atoms with Gasteiger partial charge in [0, 0.05) is 37.8 Å². The van der Waals surface area contributed by atoms with E-state index < -0.39 is 5.92 Å². The number of carbonyl (C=O) groups is 2. The zero-order chi connectivity index (χ0) is 21.1. The molecule has 0 saturated carbocycles. The Morgan fingerprint density at radius 1 is 1.20 bits per heavy atom. The molecule has 0 radical (unpaired) electrons. The molecule has 2 aromatic carbocycles. The lowest BCUT2D eigenvalue weighted by atomic mass is 10.1. The highest BCUT2D eigenvalue weighted by Crippen LogP contribution is 2.27. The van der Waals surface area contributed by atoms with Gasteiger partial charge in [-0.05, 0) is 24.3 Å². The number of amides is 2. The lowest BCUT2D eigenvalue weighted by molar-refractivity contribution is -0.126. The van der Waals surface area contributed by atoms with Gasteiger partial charge in [-0.3, -0.25) is 19.0 Å². The van der Waals surface area contributed by atoms with Crippen LogP contribution in [0.4, 0.5) is 5.69 Å². The fourth-order valence-corrected chi connectivity index (χ4v) is 3.62. The van der Waals surface area contributed by atoms with Gasteiger partial charge in [0.15, 0.2) is 0 Å². The summed E-state index contributed by atoms with van der Waals surface area (Å²) in [7, 11) is 1.57. The second-order valence-electron chi connectivity index (χ2n) is 7.16. The van der Waals surface area contributed by atoms with Crippen LogP contribution in [-0.2, 0) is 16.1 Å². The van der Waals surface area contributed by atoms with Gasteiger partial charge >= 0.3 is 0 Å². The number of para-hydroxylation sites is 1. The maximum Gasteiger partial charge on any atom is 0.261 e. The number of nitrogens with zero attached hydrogens (tertiary/aromatic N) is 3. The second-order valence-corrected chi connectivity index (χ2v) is 7.16. The molecule has 8 heteroatoms. The molecule has 0 bridgehead atoms. The van der Waals surface area contributed by atoms with Crippen LogP contribution in [0.25, 0.3) is 10.9 Å². The fourth-order valence-electron chi connectivity index (χ4n) is 3.62. The monoisotopic (exact) mass is 406 g/mol. The lowest BCUT2D eigenvalue weighted by Gasteiger charge is -2.17. The largest absolute Gasteiger partial charge is 0.497 e. The molecule has 8 nitrogen and oxygen atoms in total.